The first-order valence-electron chi connectivity index (χ1n) is 3.91. The first-order valence-corrected chi connectivity index (χ1v) is 3.91. The second-order valence-corrected chi connectivity index (χ2v) is 3.45. The summed E-state index contributed by atoms with van der Waals surface area (Å²) < 4.78 is 4.77. The zero-order chi connectivity index (χ0) is 8.74. The molecule has 0 spiro atoms. The first kappa shape index (κ1) is 10.5. The minimum atomic E-state index is 0.184. The van der Waals surface area contributed by atoms with Crippen molar-refractivity contribution in [2.24, 2.45) is 5.41 Å². The van der Waals surface area contributed by atoms with Crippen LogP contribution in [0.4, 0.5) is 0 Å². The van der Waals surface area contributed by atoms with Gasteiger partial charge in [0.25, 0.3) is 0 Å². The van der Waals surface area contributed by atoms with Crippen LogP contribution in [-0.2, 0) is 4.74 Å². The van der Waals surface area contributed by atoms with Crippen molar-refractivity contribution in [2.45, 2.75) is 26.7 Å². The molecule has 0 aromatic heterocycles. The Morgan fingerprint density at radius 3 is 2.55 bits per heavy atom. The molecule has 0 atom stereocenters. The fourth-order valence-corrected chi connectivity index (χ4v) is 0.868. The van der Waals surface area contributed by atoms with E-state index in [2.05, 4.69) is 13.8 Å². The third-order valence-corrected chi connectivity index (χ3v) is 1.69. The summed E-state index contributed by atoms with van der Waals surface area (Å²) in [5, 5.41) is 8.70. The third kappa shape index (κ3) is 5.92. The van der Waals surface area contributed by atoms with E-state index in [0.717, 1.165) is 12.8 Å². The van der Waals surface area contributed by atoms with Gasteiger partial charge < -0.3 is 9.84 Å². The Morgan fingerprint density at radius 2 is 2.09 bits per heavy atom. The smallest absolute Gasteiger partial charge is 0.0784 e. The van der Waals surface area contributed by atoms with Gasteiger partial charge in [-0.3, -0.25) is 0 Å². The standard InChI is InChI=1S/C9H18O2/c1-9(2,6-7-10)5-4-8-11-3/h4,8,10H,5-7H2,1-3H3/b8-4+. The summed E-state index contributed by atoms with van der Waals surface area (Å²) in [6.45, 7) is 4.51. The molecule has 0 bridgehead atoms. The van der Waals surface area contributed by atoms with Crippen LogP contribution in [0.5, 0.6) is 0 Å². The van der Waals surface area contributed by atoms with Crippen molar-refractivity contribution in [3.63, 3.8) is 0 Å². The van der Waals surface area contributed by atoms with E-state index in [4.69, 9.17) is 9.84 Å². The summed E-state index contributed by atoms with van der Waals surface area (Å²) >= 11 is 0. The maximum Gasteiger partial charge on any atom is 0.0784 e. The Balaban J connectivity index is 3.62. The highest BCUT2D eigenvalue weighted by Crippen LogP contribution is 2.24. The molecule has 0 aromatic carbocycles. The molecule has 0 heterocycles. The first-order chi connectivity index (χ1) is 5.12. The molecule has 0 rings (SSSR count). The van der Waals surface area contributed by atoms with Crippen molar-refractivity contribution in [2.75, 3.05) is 13.7 Å². The lowest BCUT2D eigenvalue weighted by Gasteiger charge is -2.20. The summed E-state index contributed by atoms with van der Waals surface area (Å²) in [5.74, 6) is 0. The van der Waals surface area contributed by atoms with Crippen LogP contribution in [0.2, 0.25) is 0 Å². The van der Waals surface area contributed by atoms with Gasteiger partial charge in [0.15, 0.2) is 0 Å². The number of aliphatic hydroxyl groups excluding tert-OH is 1. The van der Waals surface area contributed by atoms with Crippen molar-refractivity contribution < 1.29 is 9.84 Å². The Kier molecular flexibility index (Phi) is 4.95. The van der Waals surface area contributed by atoms with E-state index < -0.39 is 0 Å². The van der Waals surface area contributed by atoms with Gasteiger partial charge in [-0.15, -0.1) is 0 Å². The molecule has 66 valence electrons. The normalized spacial score (nSPS) is 12.4. The highest BCUT2D eigenvalue weighted by molar-refractivity contribution is 4.82. The summed E-state index contributed by atoms with van der Waals surface area (Å²) in [6.07, 6.45) is 5.44. The third-order valence-electron chi connectivity index (χ3n) is 1.69. The average molecular weight is 158 g/mol. The number of aliphatic hydroxyl groups is 1. The number of hydrogen-bond donors (Lipinski definition) is 1. The predicted molar refractivity (Wildman–Crippen MR) is 46.2 cm³/mol. The molecule has 0 unspecified atom stereocenters. The van der Waals surface area contributed by atoms with Gasteiger partial charge in [0.05, 0.1) is 13.4 Å². The molecular formula is C9H18O2. The van der Waals surface area contributed by atoms with Gasteiger partial charge in [-0.1, -0.05) is 13.8 Å². The van der Waals surface area contributed by atoms with Crippen LogP contribution in [0.1, 0.15) is 26.7 Å². The molecular weight excluding hydrogens is 140 g/mol. The maximum atomic E-state index is 8.70. The van der Waals surface area contributed by atoms with Gasteiger partial charge in [0.1, 0.15) is 0 Å². The van der Waals surface area contributed by atoms with Crippen molar-refractivity contribution >= 4 is 0 Å². The lowest BCUT2D eigenvalue weighted by Crippen LogP contribution is -2.11. The zero-order valence-electron chi connectivity index (χ0n) is 7.63. The van der Waals surface area contributed by atoms with Crippen LogP contribution in [0, 0.1) is 5.41 Å². The Bertz CT molecular complexity index is 117. The number of ether oxygens (including phenoxy) is 1. The van der Waals surface area contributed by atoms with Gasteiger partial charge in [-0.25, -0.2) is 0 Å². The Labute approximate surface area is 68.9 Å². The molecule has 11 heavy (non-hydrogen) atoms. The van der Waals surface area contributed by atoms with E-state index in [1.165, 1.54) is 0 Å². The molecule has 2 nitrogen and oxygen atoms in total. The average Bonchev–Trinajstić information content (AvgIpc) is 1.87. The fourth-order valence-electron chi connectivity index (χ4n) is 0.868. The lowest BCUT2D eigenvalue weighted by molar-refractivity contribution is 0.212. The van der Waals surface area contributed by atoms with E-state index in [-0.39, 0.29) is 12.0 Å². The van der Waals surface area contributed by atoms with Crippen LogP contribution >= 0.6 is 0 Å². The van der Waals surface area contributed by atoms with E-state index >= 15 is 0 Å². The molecule has 1 N–H and O–H groups in total. The number of rotatable bonds is 5. The molecule has 0 amide bonds. The van der Waals surface area contributed by atoms with Gasteiger partial charge in [0, 0.05) is 6.61 Å². The van der Waals surface area contributed by atoms with Gasteiger partial charge in [-0.2, -0.15) is 0 Å². The van der Waals surface area contributed by atoms with Gasteiger partial charge in [0.2, 0.25) is 0 Å². The van der Waals surface area contributed by atoms with Gasteiger partial charge >= 0.3 is 0 Å². The second-order valence-electron chi connectivity index (χ2n) is 3.45. The molecule has 0 aliphatic heterocycles. The van der Waals surface area contributed by atoms with E-state index in [0.29, 0.717) is 0 Å². The highest BCUT2D eigenvalue weighted by atomic mass is 16.5. The number of allylic oxidation sites excluding steroid dienone is 1. The van der Waals surface area contributed by atoms with Crippen molar-refractivity contribution in [3.8, 4) is 0 Å². The molecule has 2 heteroatoms. The van der Waals surface area contributed by atoms with Crippen LogP contribution in [0.25, 0.3) is 0 Å². The van der Waals surface area contributed by atoms with Crippen LogP contribution in [0.15, 0.2) is 12.3 Å². The number of methoxy groups -OCH3 is 1. The molecule has 0 aliphatic carbocycles. The fraction of sp³-hybridized carbons (Fsp3) is 0.778. The zero-order valence-corrected chi connectivity index (χ0v) is 7.63. The Morgan fingerprint density at radius 1 is 1.45 bits per heavy atom. The summed E-state index contributed by atoms with van der Waals surface area (Å²) in [7, 11) is 1.63. The largest absolute Gasteiger partial charge is 0.505 e. The van der Waals surface area contributed by atoms with Crippen LogP contribution in [-0.4, -0.2) is 18.8 Å². The quantitative estimate of drug-likeness (QED) is 0.620. The minimum Gasteiger partial charge on any atom is -0.505 e. The lowest BCUT2D eigenvalue weighted by atomic mass is 9.86. The SMILES string of the molecule is CO/C=C/CC(C)(C)CCO. The van der Waals surface area contributed by atoms with Crippen LogP contribution < -0.4 is 0 Å². The summed E-state index contributed by atoms with van der Waals surface area (Å²) in [6, 6.07) is 0. The van der Waals surface area contributed by atoms with Crippen molar-refractivity contribution in [1.82, 2.24) is 0 Å². The van der Waals surface area contributed by atoms with Gasteiger partial charge in [-0.05, 0) is 24.3 Å². The minimum absolute atomic E-state index is 0.184. The second kappa shape index (κ2) is 5.19. The maximum absolute atomic E-state index is 8.70. The molecule has 0 saturated carbocycles. The van der Waals surface area contributed by atoms with Crippen molar-refractivity contribution in [3.05, 3.63) is 12.3 Å². The summed E-state index contributed by atoms with van der Waals surface area (Å²) in [5.41, 5.74) is 0.184. The van der Waals surface area contributed by atoms with E-state index in [9.17, 15) is 0 Å². The Hall–Kier alpha value is -0.500. The monoisotopic (exact) mass is 158 g/mol. The molecule has 0 aromatic rings. The summed E-state index contributed by atoms with van der Waals surface area (Å²) in [4.78, 5) is 0. The van der Waals surface area contributed by atoms with E-state index in [1.807, 2.05) is 6.08 Å². The van der Waals surface area contributed by atoms with Crippen molar-refractivity contribution in [1.29, 1.82) is 0 Å². The molecule has 0 saturated heterocycles. The van der Waals surface area contributed by atoms with Crippen LogP contribution in [0.3, 0.4) is 0 Å². The topological polar surface area (TPSA) is 29.5 Å². The molecule has 0 radical (unpaired) electrons. The predicted octanol–water partition coefficient (Wildman–Crippen LogP) is 1.95. The molecule has 0 aliphatic rings. The molecule has 0 fully saturated rings. The highest BCUT2D eigenvalue weighted by Gasteiger charge is 2.14. The number of hydrogen-bond acceptors (Lipinski definition) is 2. The van der Waals surface area contributed by atoms with E-state index in [1.54, 1.807) is 13.4 Å².